The fourth-order valence-electron chi connectivity index (χ4n) is 9.15. The molecule has 0 saturated carbocycles. The summed E-state index contributed by atoms with van der Waals surface area (Å²) < 4.78 is 68.6. The lowest BCUT2D eigenvalue weighted by Gasteiger charge is -2.40. The number of fused-ring (bicyclic) bond motifs is 3. The van der Waals surface area contributed by atoms with E-state index < -0.39 is 39.2 Å². The zero-order valence-corrected chi connectivity index (χ0v) is 32.2. The highest BCUT2D eigenvalue weighted by Crippen LogP contribution is 2.43. The Balaban J connectivity index is 1.09. The molecule has 3 amide bonds. The number of ether oxygens (including phenoxy) is 1. The first-order valence-corrected chi connectivity index (χ1v) is 20.6. The fourth-order valence-corrected chi connectivity index (χ4v) is 10.3. The van der Waals surface area contributed by atoms with Crippen LogP contribution in [0.25, 0.3) is 10.8 Å². The lowest BCUT2D eigenvalue weighted by atomic mass is 9.88. The van der Waals surface area contributed by atoms with Crippen LogP contribution in [0.5, 0.6) is 11.8 Å². The number of carbonyl (C=O) groups is 2. The second kappa shape index (κ2) is 13.7. The van der Waals surface area contributed by atoms with Gasteiger partial charge >= 0.3 is 22.2 Å². The molecule has 294 valence electrons. The van der Waals surface area contributed by atoms with Crippen molar-refractivity contribution in [3.05, 3.63) is 76.2 Å². The first-order valence-electron chi connectivity index (χ1n) is 18.8. The van der Waals surface area contributed by atoms with Crippen molar-refractivity contribution in [3.8, 4) is 11.8 Å². The largest absolute Gasteiger partial charge is 0.461 e. The van der Waals surface area contributed by atoms with E-state index in [1.165, 1.54) is 30.3 Å². The molecule has 5 aliphatic heterocycles. The Bertz CT molecular complexity index is 2390. The molecular weight excluding hydrogens is 768 g/mol. The lowest BCUT2D eigenvalue weighted by molar-refractivity contribution is -0.124. The molecule has 0 aliphatic carbocycles. The van der Waals surface area contributed by atoms with Crippen molar-refractivity contribution < 1.29 is 35.7 Å². The number of nitrogens with zero attached hydrogens (tertiary/aromatic N) is 5. The van der Waals surface area contributed by atoms with Crippen molar-refractivity contribution in [1.82, 2.24) is 25.5 Å². The summed E-state index contributed by atoms with van der Waals surface area (Å²) in [6.45, 7) is 4.52. The summed E-state index contributed by atoms with van der Waals surface area (Å²) in [5.41, 5.74) is 1.18. The van der Waals surface area contributed by atoms with E-state index in [-0.39, 0.29) is 47.3 Å². The molecule has 2 N–H and O–H groups in total. The van der Waals surface area contributed by atoms with Gasteiger partial charge in [0.2, 0.25) is 0 Å². The number of nitrogens with one attached hydrogen (secondary N) is 2. The number of rotatable bonds is 8. The van der Waals surface area contributed by atoms with Crippen molar-refractivity contribution in [3.63, 3.8) is 0 Å². The number of alkyl halides is 1. The van der Waals surface area contributed by atoms with Gasteiger partial charge in [0.25, 0.3) is 5.91 Å². The number of amides is 3. The van der Waals surface area contributed by atoms with Crippen LogP contribution in [0.15, 0.2) is 53.4 Å². The summed E-state index contributed by atoms with van der Waals surface area (Å²) >= 11 is 6.63. The van der Waals surface area contributed by atoms with Gasteiger partial charge in [0, 0.05) is 43.1 Å². The Morgan fingerprint density at radius 1 is 1.02 bits per heavy atom. The van der Waals surface area contributed by atoms with Gasteiger partial charge in [-0.15, -0.1) is 0 Å². The maximum atomic E-state index is 15.1. The van der Waals surface area contributed by atoms with Gasteiger partial charge in [0.15, 0.2) is 0 Å². The highest BCUT2D eigenvalue weighted by Gasteiger charge is 2.51. The number of benzene rings is 3. The molecule has 9 rings (SSSR count). The number of halogens is 3. The van der Waals surface area contributed by atoms with Crippen LogP contribution in [-0.4, -0.2) is 91.8 Å². The minimum atomic E-state index is -4.23. The topological polar surface area (TPSA) is 146 Å². The highest BCUT2D eigenvalue weighted by atomic mass is 35.5. The predicted octanol–water partition coefficient (Wildman–Crippen LogP) is 5.19. The van der Waals surface area contributed by atoms with Gasteiger partial charge in [-0.05, 0) is 75.2 Å². The number of hydrogen-bond donors (Lipinski definition) is 2. The molecule has 4 fully saturated rings. The van der Waals surface area contributed by atoms with Crippen molar-refractivity contribution in [2.45, 2.75) is 74.1 Å². The van der Waals surface area contributed by atoms with E-state index in [1.807, 2.05) is 16.7 Å². The van der Waals surface area contributed by atoms with Gasteiger partial charge in [-0.2, -0.15) is 18.4 Å². The first-order chi connectivity index (χ1) is 26.8. The fraction of sp³-hybridized carbons (Fsp3) is 0.436. The lowest BCUT2D eigenvalue weighted by Crippen LogP contribution is -2.59. The molecule has 4 aromatic rings. The second-order valence-electron chi connectivity index (χ2n) is 15.6. The number of urea groups is 1. The summed E-state index contributed by atoms with van der Waals surface area (Å²) in [6.07, 6.45) is 2.65. The minimum Gasteiger partial charge on any atom is -0.461 e. The summed E-state index contributed by atoms with van der Waals surface area (Å²) in [5.74, 6) is -0.428. The van der Waals surface area contributed by atoms with E-state index in [0.717, 1.165) is 30.5 Å². The van der Waals surface area contributed by atoms with Crippen LogP contribution < -0.4 is 29.4 Å². The molecule has 1 spiro atoms. The van der Waals surface area contributed by atoms with Gasteiger partial charge in [0.05, 0.1) is 35.0 Å². The number of imide groups is 1. The van der Waals surface area contributed by atoms with Gasteiger partial charge in [0.1, 0.15) is 40.6 Å². The zero-order chi connectivity index (χ0) is 39.0. The zero-order valence-electron chi connectivity index (χ0n) is 30.6. The van der Waals surface area contributed by atoms with Crippen LogP contribution in [0.3, 0.4) is 0 Å². The maximum Gasteiger partial charge on any atom is 0.339 e. The summed E-state index contributed by atoms with van der Waals surface area (Å²) in [6, 6.07) is 11.7. The molecule has 17 heteroatoms. The number of hydrogen-bond acceptors (Lipinski definition) is 11. The van der Waals surface area contributed by atoms with E-state index in [1.54, 1.807) is 18.2 Å². The van der Waals surface area contributed by atoms with E-state index >= 15 is 4.39 Å². The summed E-state index contributed by atoms with van der Waals surface area (Å²) in [5, 5.41) is 5.93. The normalized spacial score (nSPS) is 25.0. The number of aromatic nitrogens is 2. The third kappa shape index (κ3) is 6.44. The Morgan fingerprint density at radius 3 is 2.61 bits per heavy atom. The molecular formula is C39H40ClF2N7O6S. The first kappa shape index (κ1) is 36.8. The molecule has 0 radical (unpaired) electrons. The minimum absolute atomic E-state index is 0.0143. The van der Waals surface area contributed by atoms with Crippen molar-refractivity contribution in [1.29, 1.82) is 0 Å². The quantitative estimate of drug-likeness (QED) is 0.179. The van der Waals surface area contributed by atoms with E-state index in [2.05, 4.69) is 15.5 Å². The average molecular weight is 808 g/mol. The predicted molar refractivity (Wildman–Crippen MR) is 204 cm³/mol. The molecule has 6 heterocycles. The van der Waals surface area contributed by atoms with E-state index in [0.29, 0.717) is 73.3 Å². The second-order valence-corrected chi connectivity index (χ2v) is 17.5. The standard InChI is InChI=1S/C39H40ClF2N7O6S/c1-23-4-7-27(8-5-23)56(52,53)55-26-16-24-6-9-29(42)33(40)32(24)31(17-26)47-15-10-28-30(20-47)43-37(54-22-38-11-2-14-49(38)19-25(41)18-38)44-34(28)48-13-3-12-39(21-48)35(50)45-36(51)46-39/h4-9,16-17,25H,2-3,10-15,18-22H2,1H3,(H2,45,46,50,51)/t25-,38+,39-/m1/s1. The average Bonchev–Trinajstić information content (AvgIpc) is 3.79. The van der Waals surface area contributed by atoms with Crippen LogP contribution >= 0.6 is 11.6 Å². The summed E-state index contributed by atoms with van der Waals surface area (Å²) in [7, 11) is -4.23. The molecule has 13 nitrogen and oxygen atoms in total. The van der Waals surface area contributed by atoms with Gasteiger partial charge in [-0.3, -0.25) is 15.0 Å². The van der Waals surface area contributed by atoms with Crippen LogP contribution in [0.2, 0.25) is 5.02 Å². The van der Waals surface area contributed by atoms with Crippen LogP contribution in [0, 0.1) is 12.7 Å². The summed E-state index contributed by atoms with van der Waals surface area (Å²) in [4.78, 5) is 41.2. The highest BCUT2D eigenvalue weighted by molar-refractivity contribution is 7.87. The molecule has 5 aliphatic rings. The number of aryl methyl sites for hydroxylation is 1. The molecule has 0 bridgehead atoms. The molecule has 0 unspecified atom stereocenters. The number of carbonyl (C=O) groups excluding carboxylic acids is 2. The molecule has 3 atom stereocenters. The van der Waals surface area contributed by atoms with Gasteiger partial charge < -0.3 is 24.0 Å². The van der Waals surface area contributed by atoms with Gasteiger partial charge in [-0.1, -0.05) is 35.4 Å². The Hall–Kier alpha value is -4.80. The Labute approximate surface area is 327 Å². The third-order valence-electron chi connectivity index (χ3n) is 11.9. The van der Waals surface area contributed by atoms with Crippen LogP contribution in [0.1, 0.15) is 48.9 Å². The smallest absolute Gasteiger partial charge is 0.339 e. The maximum absolute atomic E-state index is 15.1. The number of anilines is 2. The van der Waals surface area contributed by atoms with Gasteiger partial charge in [-0.25, -0.2) is 13.6 Å². The van der Waals surface area contributed by atoms with Crippen molar-refractivity contribution in [2.75, 3.05) is 49.1 Å². The molecule has 3 aromatic carbocycles. The molecule has 56 heavy (non-hydrogen) atoms. The van der Waals surface area contributed by atoms with Crippen molar-refractivity contribution in [2.24, 2.45) is 0 Å². The monoisotopic (exact) mass is 807 g/mol. The van der Waals surface area contributed by atoms with Crippen LogP contribution in [0.4, 0.5) is 25.1 Å². The van der Waals surface area contributed by atoms with E-state index in [4.69, 9.17) is 30.5 Å². The van der Waals surface area contributed by atoms with E-state index in [9.17, 15) is 22.4 Å². The van der Waals surface area contributed by atoms with Crippen LogP contribution in [-0.2, 0) is 27.9 Å². The van der Waals surface area contributed by atoms with Crippen molar-refractivity contribution >= 4 is 55.9 Å². The molecule has 4 saturated heterocycles. The Morgan fingerprint density at radius 2 is 1.82 bits per heavy atom. The SMILES string of the molecule is Cc1ccc(S(=O)(=O)Oc2cc(N3CCc4c(nc(OC[C@@]56CCCN5C[C@H](F)C6)nc4N4CCC[C@]5(C4)NC(=O)NC5=O)C3)c3c(Cl)c(F)ccc3c2)cc1. The third-order valence-corrected chi connectivity index (χ3v) is 13.5. The number of piperidine rings is 1. The molecule has 1 aromatic heterocycles. The Kier molecular flexibility index (Phi) is 9.00.